The van der Waals surface area contributed by atoms with Crippen LogP contribution in [0.4, 0.5) is 5.69 Å². The van der Waals surface area contributed by atoms with Crippen LogP contribution >= 0.6 is 0 Å². The fourth-order valence-electron chi connectivity index (χ4n) is 4.90. The molecule has 0 unspecified atom stereocenters. The molecule has 1 fully saturated rings. The molecule has 7 nitrogen and oxygen atoms in total. The number of hydrogen-bond donors (Lipinski definition) is 2. The van der Waals surface area contributed by atoms with E-state index in [1.165, 1.54) is 35.5 Å². The lowest BCUT2D eigenvalue weighted by molar-refractivity contribution is 0.0932. The van der Waals surface area contributed by atoms with Crippen LogP contribution in [-0.2, 0) is 16.4 Å². The molecule has 0 radical (unpaired) electrons. The van der Waals surface area contributed by atoms with Gasteiger partial charge in [-0.2, -0.15) is 0 Å². The number of hydrogen-bond acceptors (Lipinski definition) is 4. The number of rotatable bonds is 4. The maximum Gasteiger partial charge on any atom is 0.264 e. The van der Waals surface area contributed by atoms with Crippen molar-refractivity contribution in [3.05, 3.63) is 70.0 Å². The molecule has 0 bridgehead atoms. The third kappa shape index (κ3) is 4.04. The van der Waals surface area contributed by atoms with Crippen molar-refractivity contribution in [1.82, 2.24) is 10.3 Å². The molecule has 8 heteroatoms. The van der Waals surface area contributed by atoms with Gasteiger partial charge in [0.2, 0.25) is 5.43 Å². The zero-order valence-electron chi connectivity index (χ0n) is 18.3. The number of nitrogens with one attached hydrogen (secondary N) is 2. The van der Waals surface area contributed by atoms with Crippen LogP contribution in [0.15, 0.2) is 58.4 Å². The Morgan fingerprint density at radius 1 is 1.03 bits per heavy atom. The molecular formula is C25H27N3O4S. The highest BCUT2D eigenvalue weighted by atomic mass is 32.2. The Morgan fingerprint density at radius 2 is 1.79 bits per heavy atom. The van der Waals surface area contributed by atoms with E-state index in [2.05, 4.69) is 10.3 Å². The van der Waals surface area contributed by atoms with Gasteiger partial charge >= 0.3 is 0 Å². The Labute approximate surface area is 192 Å². The molecule has 2 aromatic carbocycles. The van der Waals surface area contributed by atoms with Crippen LogP contribution in [0, 0.1) is 0 Å². The molecule has 33 heavy (non-hydrogen) atoms. The second-order valence-electron chi connectivity index (χ2n) is 8.86. The molecule has 0 saturated heterocycles. The van der Waals surface area contributed by atoms with Gasteiger partial charge in [0.1, 0.15) is 5.56 Å². The zero-order chi connectivity index (χ0) is 23.0. The molecular weight excluding hydrogens is 438 g/mol. The van der Waals surface area contributed by atoms with Crippen molar-refractivity contribution in [3.8, 4) is 0 Å². The summed E-state index contributed by atoms with van der Waals surface area (Å²) in [7, 11) is -3.84. The van der Waals surface area contributed by atoms with Crippen molar-refractivity contribution >= 4 is 32.5 Å². The molecule has 1 aliphatic heterocycles. The average Bonchev–Trinajstić information content (AvgIpc) is 3.10. The van der Waals surface area contributed by atoms with Crippen LogP contribution in [0.5, 0.6) is 0 Å². The van der Waals surface area contributed by atoms with E-state index in [-0.39, 0.29) is 21.9 Å². The Bertz CT molecular complexity index is 1370. The van der Waals surface area contributed by atoms with Gasteiger partial charge in [0.05, 0.1) is 10.6 Å². The first-order valence-corrected chi connectivity index (χ1v) is 13.0. The van der Waals surface area contributed by atoms with Crippen molar-refractivity contribution in [2.45, 2.75) is 55.9 Å². The van der Waals surface area contributed by atoms with Gasteiger partial charge in [-0.3, -0.25) is 13.9 Å². The van der Waals surface area contributed by atoms with Crippen LogP contribution in [0.1, 0.15) is 54.4 Å². The van der Waals surface area contributed by atoms with Crippen molar-refractivity contribution in [2.75, 3.05) is 10.8 Å². The van der Waals surface area contributed by atoms with Crippen LogP contribution in [0.3, 0.4) is 0 Å². The normalized spacial score (nSPS) is 17.0. The van der Waals surface area contributed by atoms with E-state index in [1.54, 1.807) is 12.1 Å². The summed E-state index contributed by atoms with van der Waals surface area (Å²) in [6.07, 6.45) is 8.37. The molecule has 2 aliphatic rings. The first-order valence-electron chi connectivity index (χ1n) is 11.5. The maximum absolute atomic E-state index is 13.4. The van der Waals surface area contributed by atoms with Gasteiger partial charge in [-0.25, -0.2) is 8.42 Å². The van der Waals surface area contributed by atoms with Crippen LogP contribution in [0.2, 0.25) is 0 Å². The average molecular weight is 466 g/mol. The number of pyridine rings is 1. The monoisotopic (exact) mass is 465 g/mol. The third-order valence-corrected chi connectivity index (χ3v) is 8.53. The van der Waals surface area contributed by atoms with Crippen LogP contribution in [-0.4, -0.2) is 31.9 Å². The third-order valence-electron chi connectivity index (χ3n) is 6.72. The zero-order valence-corrected chi connectivity index (χ0v) is 19.2. The minimum absolute atomic E-state index is 0.00723. The molecule has 0 atom stereocenters. The number of amides is 1. The fraction of sp³-hybridized carbons (Fsp3) is 0.360. The van der Waals surface area contributed by atoms with Gasteiger partial charge in [0.25, 0.3) is 15.9 Å². The number of aromatic nitrogens is 1. The number of nitrogens with zero attached hydrogens (tertiary/aromatic N) is 1. The summed E-state index contributed by atoms with van der Waals surface area (Å²) in [6, 6.07) is 12.0. The number of carbonyl (C=O) groups excluding carboxylic acids is 1. The smallest absolute Gasteiger partial charge is 0.264 e. The molecule has 5 rings (SSSR count). The SMILES string of the molecule is O=C(NC1CCCCCC1)c1c[nH]c2ccc(S(=O)(=O)N3CCc4ccccc43)cc2c1=O. The summed E-state index contributed by atoms with van der Waals surface area (Å²) >= 11 is 0. The molecule has 2 heterocycles. The fourth-order valence-corrected chi connectivity index (χ4v) is 6.43. The topological polar surface area (TPSA) is 99.3 Å². The standard InChI is InChI=1S/C25H27N3O4S/c29-24-20-15-19(33(31,32)28-14-13-17-7-5-6-10-23(17)28)11-12-22(20)26-16-21(24)25(30)27-18-8-3-1-2-4-9-18/h5-7,10-12,15-16,18H,1-4,8-9,13-14H2,(H,26,29)(H,27,30). The van der Waals surface area contributed by atoms with Gasteiger partial charge in [-0.1, -0.05) is 43.9 Å². The van der Waals surface area contributed by atoms with Crippen LogP contribution < -0.4 is 15.1 Å². The Morgan fingerprint density at radius 3 is 2.58 bits per heavy atom. The summed E-state index contributed by atoms with van der Waals surface area (Å²) in [5.74, 6) is -0.410. The molecule has 2 N–H and O–H groups in total. The lowest BCUT2D eigenvalue weighted by Gasteiger charge is -2.20. The summed E-state index contributed by atoms with van der Waals surface area (Å²) in [5.41, 5.74) is 1.69. The van der Waals surface area contributed by atoms with E-state index in [0.717, 1.165) is 31.2 Å². The molecule has 3 aromatic rings. The summed E-state index contributed by atoms with van der Waals surface area (Å²) in [4.78, 5) is 29.1. The lowest BCUT2D eigenvalue weighted by atomic mass is 10.1. The quantitative estimate of drug-likeness (QED) is 0.574. The predicted molar refractivity (Wildman–Crippen MR) is 128 cm³/mol. The highest BCUT2D eigenvalue weighted by Gasteiger charge is 2.31. The number of sulfonamides is 1. The Kier molecular flexibility index (Phi) is 5.70. The van der Waals surface area contributed by atoms with Crippen molar-refractivity contribution in [3.63, 3.8) is 0 Å². The highest BCUT2D eigenvalue weighted by molar-refractivity contribution is 7.92. The van der Waals surface area contributed by atoms with Gasteiger partial charge in [0.15, 0.2) is 0 Å². The minimum atomic E-state index is -3.84. The minimum Gasteiger partial charge on any atom is -0.360 e. The summed E-state index contributed by atoms with van der Waals surface area (Å²) < 4.78 is 28.2. The molecule has 1 aliphatic carbocycles. The largest absolute Gasteiger partial charge is 0.360 e. The molecule has 0 spiro atoms. The summed E-state index contributed by atoms with van der Waals surface area (Å²) in [5, 5.41) is 3.19. The van der Waals surface area contributed by atoms with Crippen molar-refractivity contribution in [2.24, 2.45) is 0 Å². The number of fused-ring (bicyclic) bond motifs is 2. The number of H-pyrrole nitrogens is 1. The number of aromatic amines is 1. The number of carbonyl (C=O) groups is 1. The van der Waals surface area contributed by atoms with E-state index in [1.807, 2.05) is 18.2 Å². The first-order chi connectivity index (χ1) is 15.9. The molecule has 1 amide bonds. The molecule has 1 aromatic heterocycles. The van der Waals surface area contributed by atoms with Crippen molar-refractivity contribution in [1.29, 1.82) is 0 Å². The lowest BCUT2D eigenvalue weighted by Crippen LogP contribution is -2.37. The first kappa shape index (κ1) is 21.7. The van der Waals surface area contributed by atoms with E-state index in [4.69, 9.17) is 0 Å². The van der Waals surface area contributed by atoms with Gasteiger partial charge < -0.3 is 10.3 Å². The maximum atomic E-state index is 13.4. The van der Waals surface area contributed by atoms with Gasteiger partial charge in [-0.15, -0.1) is 0 Å². The number of anilines is 1. The predicted octanol–water partition coefficient (Wildman–Crippen LogP) is 3.73. The highest BCUT2D eigenvalue weighted by Crippen LogP contribution is 2.33. The van der Waals surface area contributed by atoms with Crippen LogP contribution in [0.25, 0.3) is 10.9 Å². The van der Waals surface area contributed by atoms with E-state index in [9.17, 15) is 18.0 Å². The van der Waals surface area contributed by atoms with Crippen molar-refractivity contribution < 1.29 is 13.2 Å². The van der Waals surface area contributed by atoms with Gasteiger partial charge in [0, 0.05) is 29.7 Å². The summed E-state index contributed by atoms with van der Waals surface area (Å²) in [6.45, 7) is 0.361. The number of para-hydroxylation sites is 1. The Balaban J connectivity index is 1.48. The second kappa shape index (κ2) is 8.67. The molecule has 172 valence electrons. The van der Waals surface area contributed by atoms with E-state index >= 15 is 0 Å². The second-order valence-corrected chi connectivity index (χ2v) is 10.7. The molecule has 1 saturated carbocycles. The van der Waals surface area contributed by atoms with E-state index in [0.29, 0.717) is 24.2 Å². The number of benzene rings is 2. The Hall–Kier alpha value is -3.13. The van der Waals surface area contributed by atoms with E-state index < -0.39 is 21.4 Å². The van der Waals surface area contributed by atoms with Gasteiger partial charge in [-0.05, 0) is 49.1 Å².